The summed E-state index contributed by atoms with van der Waals surface area (Å²) < 4.78 is 15.2. The summed E-state index contributed by atoms with van der Waals surface area (Å²) in [5.41, 5.74) is 3.56. The van der Waals surface area contributed by atoms with E-state index in [1.165, 1.54) is 18.6 Å². The lowest BCUT2D eigenvalue weighted by Crippen LogP contribution is -2.36. The molecule has 2 N–H and O–H groups in total. The molecule has 0 atom stereocenters. The molecule has 5 nitrogen and oxygen atoms in total. The number of fused-ring (bicyclic) bond motifs is 1. The number of hydrogen-bond acceptors (Lipinski definition) is 3. The second-order valence-electron chi connectivity index (χ2n) is 7.50. The average Bonchev–Trinajstić information content (AvgIpc) is 3.06. The van der Waals surface area contributed by atoms with Gasteiger partial charge in [-0.05, 0) is 55.3 Å². The van der Waals surface area contributed by atoms with Gasteiger partial charge >= 0.3 is 0 Å². The standard InChI is InChI=1S/C23H21FN4O/c24-17-11-9-15(10-12-17)21-20-13-16(14-25-18-5-4-6-18)23(29)26-22(20)28(27-21)19-7-2-1-3-8-19/h1-3,7-13,18,25H,4-6,14H2,(H,26,29). The summed E-state index contributed by atoms with van der Waals surface area (Å²) in [5, 5.41) is 9.06. The summed E-state index contributed by atoms with van der Waals surface area (Å²) in [6, 6.07) is 18.3. The first-order valence-corrected chi connectivity index (χ1v) is 9.89. The molecule has 1 aliphatic rings. The Labute approximate surface area is 167 Å². The first kappa shape index (κ1) is 17.8. The van der Waals surface area contributed by atoms with Crippen LogP contribution >= 0.6 is 0 Å². The SMILES string of the molecule is O=c1[nH]c2c(cc1CNC1CCC1)c(-c1ccc(F)cc1)nn2-c1ccccc1. The first-order chi connectivity index (χ1) is 14.2. The Balaban J connectivity index is 1.66. The average molecular weight is 388 g/mol. The topological polar surface area (TPSA) is 62.7 Å². The minimum absolute atomic E-state index is 0.118. The maximum atomic E-state index is 13.4. The molecule has 2 aromatic carbocycles. The van der Waals surface area contributed by atoms with E-state index in [-0.39, 0.29) is 11.4 Å². The van der Waals surface area contributed by atoms with Crippen molar-refractivity contribution in [3.8, 4) is 16.9 Å². The van der Waals surface area contributed by atoms with E-state index in [0.29, 0.717) is 29.5 Å². The number of benzene rings is 2. The van der Waals surface area contributed by atoms with Gasteiger partial charge < -0.3 is 10.3 Å². The number of rotatable bonds is 5. The monoisotopic (exact) mass is 388 g/mol. The fourth-order valence-electron chi connectivity index (χ4n) is 3.69. The molecule has 29 heavy (non-hydrogen) atoms. The van der Waals surface area contributed by atoms with E-state index in [4.69, 9.17) is 5.10 Å². The number of nitrogens with one attached hydrogen (secondary N) is 2. The predicted molar refractivity (Wildman–Crippen MR) is 112 cm³/mol. The molecule has 0 bridgehead atoms. The van der Waals surface area contributed by atoms with Gasteiger partial charge in [-0.25, -0.2) is 9.07 Å². The number of pyridine rings is 1. The zero-order chi connectivity index (χ0) is 19.8. The van der Waals surface area contributed by atoms with E-state index >= 15 is 0 Å². The van der Waals surface area contributed by atoms with Crippen LogP contribution in [0.25, 0.3) is 28.0 Å². The molecule has 1 fully saturated rings. The Bertz CT molecular complexity index is 1210. The molecule has 146 valence electrons. The lowest BCUT2D eigenvalue weighted by molar-refractivity contribution is 0.338. The summed E-state index contributed by atoms with van der Waals surface area (Å²) >= 11 is 0. The number of hydrogen-bond donors (Lipinski definition) is 2. The minimum atomic E-state index is -0.292. The largest absolute Gasteiger partial charge is 0.310 e. The van der Waals surface area contributed by atoms with Crippen LogP contribution in [0, 0.1) is 5.82 Å². The van der Waals surface area contributed by atoms with Crippen LogP contribution < -0.4 is 10.9 Å². The number of aromatic amines is 1. The Hall–Kier alpha value is -3.25. The van der Waals surface area contributed by atoms with Crippen LogP contribution in [-0.2, 0) is 6.54 Å². The van der Waals surface area contributed by atoms with Crippen LogP contribution in [0.5, 0.6) is 0 Å². The normalized spacial score (nSPS) is 14.2. The molecule has 6 heteroatoms. The fourth-order valence-corrected chi connectivity index (χ4v) is 3.69. The quantitative estimate of drug-likeness (QED) is 0.540. The minimum Gasteiger partial charge on any atom is -0.310 e. The van der Waals surface area contributed by atoms with Crippen molar-refractivity contribution in [1.82, 2.24) is 20.1 Å². The Morgan fingerprint density at radius 1 is 1.10 bits per heavy atom. The molecule has 4 aromatic rings. The van der Waals surface area contributed by atoms with Gasteiger partial charge in [-0.3, -0.25) is 4.79 Å². The van der Waals surface area contributed by atoms with Gasteiger partial charge in [0.1, 0.15) is 17.2 Å². The molecule has 0 spiro atoms. The fraction of sp³-hybridized carbons (Fsp3) is 0.217. The van der Waals surface area contributed by atoms with E-state index in [1.807, 2.05) is 36.4 Å². The summed E-state index contributed by atoms with van der Waals surface area (Å²) in [5.74, 6) is -0.292. The molecular formula is C23H21FN4O. The maximum absolute atomic E-state index is 13.4. The van der Waals surface area contributed by atoms with Gasteiger partial charge in [-0.15, -0.1) is 0 Å². The Morgan fingerprint density at radius 2 is 1.86 bits per heavy atom. The predicted octanol–water partition coefficient (Wildman–Crippen LogP) is 4.16. The number of halogens is 1. The third-order valence-electron chi connectivity index (χ3n) is 5.57. The highest BCUT2D eigenvalue weighted by molar-refractivity contribution is 5.92. The van der Waals surface area contributed by atoms with Gasteiger partial charge in [-0.1, -0.05) is 24.6 Å². The van der Waals surface area contributed by atoms with Crippen molar-refractivity contribution < 1.29 is 4.39 Å². The molecule has 1 saturated carbocycles. The third kappa shape index (κ3) is 3.36. The Morgan fingerprint density at radius 3 is 2.55 bits per heavy atom. The summed E-state index contributed by atoms with van der Waals surface area (Å²) in [4.78, 5) is 15.8. The zero-order valence-corrected chi connectivity index (χ0v) is 15.9. The highest BCUT2D eigenvalue weighted by Gasteiger charge is 2.19. The number of H-pyrrole nitrogens is 1. The third-order valence-corrected chi connectivity index (χ3v) is 5.57. The van der Waals surface area contributed by atoms with E-state index < -0.39 is 0 Å². The second kappa shape index (κ2) is 7.29. The summed E-state index contributed by atoms with van der Waals surface area (Å²) in [6.07, 6.45) is 3.56. The molecule has 0 unspecified atom stereocenters. The van der Waals surface area contributed by atoms with Crippen molar-refractivity contribution in [2.45, 2.75) is 31.8 Å². The van der Waals surface area contributed by atoms with Crippen molar-refractivity contribution in [2.24, 2.45) is 0 Å². The van der Waals surface area contributed by atoms with Crippen LogP contribution in [-0.4, -0.2) is 20.8 Å². The van der Waals surface area contributed by atoms with Crippen molar-refractivity contribution in [3.05, 3.63) is 82.4 Å². The molecule has 5 rings (SSSR count). The van der Waals surface area contributed by atoms with Crippen LogP contribution in [0.2, 0.25) is 0 Å². The molecule has 2 heterocycles. The van der Waals surface area contributed by atoms with Gasteiger partial charge in [0.05, 0.1) is 5.69 Å². The molecule has 0 saturated heterocycles. The van der Waals surface area contributed by atoms with Crippen LogP contribution in [0.15, 0.2) is 65.5 Å². The molecule has 1 aliphatic carbocycles. The highest BCUT2D eigenvalue weighted by atomic mass is 19.1. The van der Waals surface area contributed by atoms with E-state index in [9.17, 15) is 9.18 Å². The van der Waals surface area contributed by atoms with E-state index in [2.05, 4.69) is 10.3 Å². The highest BCUT2D eigenvalue weighted by Crippen LogP contribution is 2.29. The van der Waals surface area contributed by atoms with Gasteiger partial charge in [0.15, 0.2) is 0 Å². The molecule has 2 aromatic heterocycles. The van der Waals surface area contributed by atoms with Crippen molar-refractivity contribution >= 4 is 11.0 Å². The van der Waals surface area contributed by atoms with Gasteiger partial charge in [0.25, 0.3) is 5.56 Å². The Kier molecular flexibility index (Phi) is 4.48. The molecule has 0 radical (unpaired) electrons. The van der Waals surface area contributed by atoms with E-state index in [0.717, 1.165) is 29.5 Å². The summed E-state index contributed by atoms with van der Waals surface area (Å²) in [7, 11) is 0. The van der Waals surface area contributed by atoms with Gasteiger partial charge in [0, 0.05) is 29.1 Å². The van der Waals surface area contributed by atoms with Crippen LogP contribution in [0.4, 0.5) is 4.39 Å². The first-order valence-electron chi connectivity index (χ1n) is 9.89. The smallest absolute Gasteiger partial charge is 0.254 e. The van der Waals surface area contributed by atoms with Crippen molar-refractivity contribution in [3.63, 3.8) is 0 Å². The zero-order valence-electron chi connectivity index (χ0n) is 15.9. The lowest BCUT2D eigenvalue weighted by Gasteiger charge is -2.26. The molecular weight excluding hydrogens is 367 g/mol. The van der Waals surface area contributed by atoms with Crippen molar-refractivity contribution in [1.29, 1.82) is 0 Å². The lowest BCUT2D eigenvalue weighted by atomic mass is 9.93. The summed E-state index contributed by atoms with van der Waals surface area (Å²) in [6.45, 7) is 0.523. The number of aromatic nitrogens is 3. The molecule has 0 aliphatic heterocycles. The van der Waals surface area contributed by atoms with Crippen LogP contribution in [0.1, 0.15) is 24.8 Å². The number of para-hydroxylation sites is 1. The maximum Gasteiger partial charge on any atom is 0.254 e. The van der Waals surface area contributed by atoms with E-state index in [1.54, 1.807) is 16.8 Å². The van der Waals surface area contributed by atoms with Crippen LogP contribution in [0.3, 0.4) is 0 Å². The number of nitrogens with zero attached hydrogens (tertiary/aromatic N) is 2. The second-order valence-corrected chi connectivity index (χ2v) is 7.50. The van der Waals surface area contributed by atoms with Gasteiger partial charge in [-0.2, -0.15) is 5.10 Å². The molecule has 0 amide bonds. The van der Waals surface area contributed by atoms with Crippen molar-refractivity contribution in [2.75, 3.05) is 0 Å². The van der Waals surface area contributed by atoms with Gasteiger partial charge in [0.2, 0.25) is 0 Å².